The lowest BCUT2D eigenvalue weighted by atomic mass is 10.3. The number of aromatic nitrogens is 1. The van der Waals surface area contributed by atoms with Crippen LogP contribution in [0.5, 0.6) is 0 Å². The standard InChI is InChI=1S/C10H14N2O2S2/c1-15-7-3-2-6(4-7)12-10-11-5-8(16-10)9(13)14/h5-7H,2-4H2,1H3,(H,11,12)(H,13,14). The second-order valence-electron chi connectivity index (χ2n) is 3.85. The van der Waals surface area contributed by atoms with Gasteiger partial charge in [0.15, 0.2) is 5.13 Å². The van der Waals surface area contributed by atoms with Gasteiger partial charge in [-0.15, -0.1) is 0 Å². The molecule has 1 aliphatic rings. The van der Waals surface area contributed by atoms with Gasteiger partial charge in [0.1, 0.15) is 4.88 Å². The minimum Gasteiger partial charge on any atom is -0.477 e. The maximum absolute atomic E-state index is 10.7. The number of thioether (sulfide) groups is 1. The SMILES string of the molecule is CSC1CCC(Nc2ncc(C(=O)O)s2)C1. The Kier molecular flexibility index (Phi) is 3.70. The summed E-state index contributed by atoms with van der Waals surface area (Å²) in [4.78, 5) is 15.1. The Bertz CT molecular complexity index is 381. The maximum Gasteiger partial charge on any atom is 0.347 e. The molecule has 0 aromatic carbocycles. The monoisotopic (exact) mass is 258 g/mol. The van der Waals surface area contributed by atoms with Crippen LogP contribution in [0, 0.1) is 0 Å². The number of rotatable bonds is 4. The molecule has 1 aromatic heterocycles. The minimum absolute atomic E-state index is 0.293. The number of anilines is 1. The molecule has 88 valence electrons. The Balaban J connectivity index is 1.92. The highest BCUT2D eigenvalue weighted by Gasteiger charge is 2.24. The van der Waals surface area contributed by atoms with E-state index in [0.717, 1.165) is 23.2 Å². The smallest absolute Gasteiger partial charge is 0.347 e. The minimum atomic E-state index is -0.904. The molecule has 1 saturated carbocycles. The van der Waals surface area contributed by atoms with Crippen molar-refractivity contribution >= 4 is 34.2 Å². The van der Waals surface area contributed by atoms with Crippen LogP contribution in [0.2, 0.25) is 0 Å². The molecule has 1 aromatic rings. The summed E-state index contributed by atoms with van der Waals surface area (Å²) in [6.45, 7) is 0. The van der Waals surface area contributed by atoms with E-state index in [-0.39, 0.29) is 0 Å². The molecule has 1 aliphatic carbocycles. The van der Waals surface area contributed by atoms with Crippen molar-refractivity contribution in [3.63, 3.8) is 0 Å². The topological polar surface area (TPSA) is 62.2 Å². The van der Waals surface area contributed by atoms with Gasteiger partial charge >= 0.3 is 5.97 Å². The van der Waals surface area contributed by atoms with E-state index in [9.17, 15) is 4.79 Å². The molecule has 1 heterocycles. The average molecular weight is 258 g/mol. The van der Waals surface area contributed by atoms with Gasteiger partial charge in [0.2, 0.25) is 0 Å². The molecule has 4 nitrogen and oxygen atoms in total. The molecule has 6 heteroatoms. The quantitative estimate of drug-likeness (QED) is 0.869. The molecule has 2 unspecified atom stereocenters. The van der Waals surface area contributed by atoms with Gasteiger partial charge in [-0.1, -0.05) is 11.3 Å². The molecule has 0 spiro atoms. The number of nitrogens with zero attached hydrogens (tertiary/aromatic N) is 1. The fourth-order valence-electron chi connectivity index (χ4n) is 1.90. The predicted octanol–water partition coefficient (Wildman–Crippen LogP) is 2.54. The lowest BCUT2D eigenvalue weighted by Crippen LogP contribution is -2.15. The van der Waals surface area contributed by atoms with Gasteiger partial charge in [0.25, 0.3) is 0 Å². The second kappa shape index (κ2) is 5.05. The first-order valence-corrected chi connectivity index (χ1v) is 7.28. The van der Waals surface area contributed by atoms with Crippen molar-refractivity contribution in [2.75, 3.05) is 11.6 Å². The van der Waals surface area contributed by atoms with Crippen LogP contribution in [-0.2, 0) is 0 Å². The summed E-state index contributed by atoms with van der Waals surface area (Å²) in [5.41, 5.74) is 0. The molecule has 0 saturated heterocycles. The van der Waals surface area contributed by atoms with Gasteiger partial charge in [-0.3, -0.25) is 0 Å². The zero-order valence-electron chi connectivity index (χ0n) is 8.97. The lowest BCUT2D eigenvalue weighted by Gasteiger charge is -2.10. The fourth-order valence-corrected chi connectivity index (χ4v) is 3.43. The number of carboxylic acids is 1. The number of carbonyl (C=O) groups is 1. The van der Waals surface area contributed by atoms with Crippen LogP contribution in [0.3, 0.4) is 0 Å². The Morgan fingerprint density at radius 2 is 2.50 bits per heavy atom. The van der Waals surface area contributed by atoms with Gasteiger partial charge in [-0.2, -0.15) is 11.8 Å². The number of hydrogen-bond acceptors (Lipinski definition) is 5. The highest BCUT2D eigenvalue weighted by molar-refractivity contribution is 7.99. The van der Waals surface area contributed by atoms with Crippen LogP contribution in [0.25, 0.3) is 0 Å². The maximum atomic E-state index is 10.7. The summed E-state index contributed by atoms with van der Waals surface area (Å²) in [6.07, 6.45) is 7.07. The molecule has 16 heavy (non-hydrogen) atoms. The van der Waals surface area contributed by atoms with Crippen LogP contribution >= 0.6 is 23.1 Å². The predicted molar refractivity (Wildman–Crippen MR) is 67.6 cm³/mol. The first-order chi connectivity index (χ1) is 7.69. The van der Waals surface area contributed by atoms with Crippen molar-refractivity contribution in [3.05, 3.63) is 11.1 Å². The van der Waals surface area contributed by atoms with Gasteiger partial charge in [0, 0.05) is 11.3 Å². The average Bonchev–Trinajstić information content (AvgIpc) is 2.87. The van der Waals surface area contributed by atoms with E-state index in [2.05, 4.69) is 16.6 Å². The summed E-state index contributed by atoms with van der Waals surface area (Å²) in [5, 5.41) is 13.5. The highest BCUT2D eigenvalue weighted by Crippen LogP contribution is 2.31. The highest BCUT2D eigenvalue weighted by atomic mass is 32.2. The van der Waals surface area contributed by atoms with Gasteiger partial charge in [-0.25, -0.2) is 9.78 Å². The molecular formula is C10H14N2O2S2. The largest absolute Gasteiger partial charge is 0.477 e. The van der Waals surface area contributed by atoms with Crippen molar-refractivity contribution in [2.45, 2.75) is 30.6 Å². The molecule has 2 rings (SSSR count). The fraction of sp³-hybridized carbons (Fsp3) is 0.600. The van der Waals surface area contributed by atoms with Crippen LogP contribution < -0.4 is 5.32 Å². The number of thiazole rings is 1. The number of nitrogens with one attached hydrogen (secondary N) is 1. The number of hydrogen-bond donors (Lipinski definition) is 2. The van der Waals surface area contributed by atoms with E-state index in [4.69, 9.17) is 5.11 Å². The summed E-state index contributed by atoms with van der Waals surface area (Å²) in [6, 6.07) is 0.449. The molecule has 0 radical (unpaired) electrons. The van der Waals surface area contributed by atoms with Gasteiger partial charge in [0.05, 0.1) is 6.20 Å². The molecule has 0 aliphatic heterocycles. The second-order valence-corrected chi connectivity index (χ2v) is 6.02. The van der Waals surface area contributed by atoms with Crippen LogP contribution in [0.15, 0.2) is 6.20 Å². The van der Waals surface area contributed by atoms with Gasteiger partial charge < -0.3 is 10.4 Å². The first kappa shape index (κ1) is 11.7. The van der Waals surface area contributed by atoms with E-state index in [1.54, 1.807) is 0 Å². The molecule has 2 atom stereocenters. The van der Waals surface area contributed by atoms with Gasteiger partial charge in [-0.05, 0) is 25.5 Å². The molecule has 1 fully saturated rings. The van der Waals surface area contributed by atoms with Crippen LogP contribution in [-0.4, -0.2) is 33.6 Å². The lowest BCUT2D eigenvalue weighted by molar-refractivity contribution is 0.0702. The van der Waals surface area contributed by atoms with Crippen LogP contribution in [0.1, 0.15) is 28.9 Å². The number of carboxylic acid groups (broad SMARTS) is 1. The normalized spacial score (nSPS) is 24.6. The Labute approximate surface area is 102 Å². The summed E-state index contributed by atoms with van der Waals surface area (Å²) in [5.74, 6) is -0.904. The van der Waals surface area contributed by atoms with E-state index in [1.165, 1.54) is 24.0 Å². The summed E-state index contributed by atoms with van der Waals surface area (Å²) < 4.78 is 0. The summed E-state index contributed by atoms with van der Waals surface area (Å²) >= 11 is 3.11. The number of aromatic carboxylic acids is 1. The van der Waals surface area contributed by atoms with E-state index < -0.39 is 5.97 Å². The third-order valence-corrected chi connectivity index (χ3v) is 4.77. The van der Waals surface area contributed by atoms with Crippen molar-refractivity contribution in [1.29, 1.82) is 0 Å². The zero-order chi connectivity index (χ0) is 11.5. The molecular weight excluding hydrogens is 244 g/mol. The van der Waals surface area contributed by atoms with Crippen molar-refractivity contribution in [3.8, 4) is 0 Å². The van der Waals surface area contributed by atoms with E-state index in [1.807, 2.05) is 11.8 Å². The molecule has 0 amide bonds. The van der Waals surface area contributed by atoms with E-state index >= 15 is 0 Å². The first-order valence-electron chi connectivity index (χ1n) is 5.17. The van der Waals surface area contributed by atoms with E-state index in [0.29, 0.717) is 10.9 Å². The van der Waals surface area contributed by atoms with Crippen LogP contribution in [0.4, 0.5) is 5.13 Å². The molecule has 0 bridgehead atoms. The van der Waals surface area contributed by atoms with Crippen molar-refractivity contribution in [2.24, 2.45) is 0 Å². The Hall–Kier alpha value is -0.750. The zero-order valence-corrected chi connectivity index (χ0v) is 10.6. The molecule has 2 N–H and O–H groups in total. The third kappa shape index (κ3) is 2.68. The Morgan fingerprint density at radius 3 is 3.06 bits per heavy atom. The van der Waals surface area contributed by atoms with Crippen molar-refractivity contribution < 1.29 is 9.90 Å². The van der Waals surface area contributed by atoms with Crippen molar-refractivity contribution in [1.82, 2.24) is 4.98 Å². The third-order valence-electron chi connectivity index (χ3n) is 2.76. The summed E-state index contributed by atoms with van der Waals surface area (Å²) in [7, 11) is 0. The Morgan fingerprint density at radius 1 is 1.69 bits per heavy atom.